The molecule has 0 amide bonds. The molecule has 0 radical (unpaired) electrons. The first kappa shape index (κ1) is 14.3. The van der Waals surface area contributed by atoms with Gasteiger partial charge in [-0.05, 0) is 25.0 Å². The molecule has 0 bridgehead atoms. The first-order valence-corrected chi connectivity index (χ1v) is 6.87. The van der Waals surface area contributed by atoms with Gasteiger partial charge in [-0.3, -0.25) is 0 Å². The molecule has 1 heterocycles. The van der Waals surface area contributed by atoms with Gasteiger partial charge in [0.05, 0.1) is 11.1 Å². The van der Waals surface area contributed by atoms with Gasteiger partial charge in [-0.1, -0.05) is 18.2 Å². The van der Waals surface area contributed by atoms with Crippen LogP contribution in [0.5, 0.6) is 0 Å². The zero-order valence-electron chi connectivity index (χ0n) is 10.9. The Balaban J connectivity index is 2.58. The average Bonchev–Trinajstić information content (AvgIpc) is 2.81. The van der Waals surface area contributed by atoms with E-state index < -0.39 is 5.97 Å². The van der Waals surface area contributed by atoms with Gasteiger partial charge in [-0.15, -0.1) is 11.3 Å². The fraction of sp³-hybridized carbons (Fsp3) is 0.200. The van der Waals surface area contributed by atoms with E-state index in [1.165, 1.54) is 11.3 Å². The topological polar surface area (TPSA) is 81.3 Å². The monoisotopic (exact) mass is 287 g/mol. The Morgan fingerprint density at radius 2 is 2.20 bits per heavy atom. The van der Waals surface area contributed by atoms with E-state index in [1.807, 2.05) is 6.07 Å². The van der Waals surface area contributed by atoms with Gasteiger partial charge in [0.25, 0.3) is 0 Å². The summed E-state index contributed by atoms with van der Waals surface area (Å²) < 4.78 is 0. The van der Waals surface area contributed by atoms with Crippen LogP contribution >= 0.6 is 11.3 Å². The molecule has 102 valence electrons. The van der Waals surface area contributed by atoms with E-state index in [0.717, 1.165) is 16.0 Å². The summed E-state index contributed by atoms with van der Waals surface area (Å²) in [5.41, 5.74) is 2.26. The van der Waals surface area contributed by atoms with E-state index in [1.54, 1.807) is 25.1 Å². The maximum Gasteiger partial charge on any atom is 0.336 e. The zero-order valence-corrected chi connectivity index (χ0v) is 11.7. The molecule has 0 aliphatic heterocycles. The predicted octanol–water partition coefficient (Wildman–Crippen LogP) is 2.83. The second-order valence-electron chi connectivity index (χ2n) is 4.31. The molecule has 0 unspecified atom stereocenters. The first-order valence-electron chi connectivity index (χ1n) is 6.05. The van der Waals surface area contributed by atoms with Crippen molar-refractivity contribution in [3.63, 3.8) is 0 Å². The van der Waals surface area contributed by atoms with Crippen LogP contribution in [0.4, 0.5) is 0 Å². The van der Waals surface area contributed by atoms with Gasteiger partial charge >= 0.3 is 5.97 Å². The summed E-state index contributed by atoms with van der Waals surface area (Å²) in [6, 6.07) is 9.17. The number of carboxylic acids is 1. The smallest absolute Gasteiger partial charge is 0.336 e. The molecule has 2 N–H and O–H groups in total. The summed E-state index contributed by atoms with van der Waals surface area (Å²) in [4.78, 5) is 12.6. The summed E-state index contributed by atoms with van der Waals surface area (Å²) in [5, 5.41) is 27.5. The molecule has 0 fully saturated rings. The van der Waals surface area contributed by atoms with Gasteiger partial charge in [0, 0.05) is 21.9 Å². The Morgan fingerprint density at radius 3 is 2.75 bits per heavy atom. The third-order valence-electron chi connectivity index (χ3n) is 3.06. The Hall–Kier alpha value is -2.16. The fourth-order valence-electron chi connectivity index (χ4n) is 2.09. The van der Waals surface area contributed by atoms with Crippen molar-refractivity contribution < 1.29 is 15.0 Å². The standard InChI is InChI=1S/C15H13NO3S/c1-9-12(15(18)19)7-14(20-9)11-4-2-3-10(5-6-17)13(11)8-16/h2-4,7,17H,5-6H2,1H3,(H,18,19). The molecule has 0 saturated heterocycles. The minimum absolute atomic E-state index is 0.0258. The molecule has 0 atom stereocenters. The van der Waals surface area contributed by atoms with Crippen molar-refractivity contribution in [1.82, 2.24) is 0 Å². The molecule has 5 heteroatoms. The van der Waals surface area contributed by atoms with Crippen LogP contribution < -0.4 is 0 Å². The Kier molecular flexibility index (Phi) is 4.18. The highest BCUT2D eigenvalue weighted by molar-refractivity contribution is 7.15. The van der Waals surface area contributed by atoms with E-state index in [2.05, 4.69) is 6.07 Å². The molecule has 0 spiro atoms. The van der Waals surface area contributed by atoms with Gasteiger partial charge in [0.15, 0.2) is 0 Å². The van der Waals surface area contributed by atoms with Crippen molar-refractivity contribution in [2.24, 2.45) is 0 Å². The molecule has 0 aliphatic carbocycles. The third kappa shape index (κ3) is 2.57. The molecule has 2 rings (SSSR count). The van der Waals surface area contributed by atoms with Gasteiger partial charge in [-0.25, -0.2) is 4.79 Å². The van der Waals surface area contributed by atoms with Crippen LogP contribution in [0, 0.1) is 18.3 Å². The van der Waals surface area contributed by atoms with E-state index in [-0.39, 0.29) is 12.2 Å². The Bertz CT molecular complexity index is 698. The van der Waals surface area contributed by atoms with Crippen LogP contribution in [-0.4, -0.2) is 22.8 Å². The number of carboxylic acid groups (broad SMARTS) is 1. The molecule has 0 saturated carbocycles. The van der Waals surface area contributed by atoms with Crippen molar-refractivity contribution in [2.45, 2.75) is 13.3 Å². The highest BCUT2D eigenvalue weighted by Crippen LogP contribution is 2.34. The lowest BCUT2D eigenvalue weighted by molar-refractivity contribution is 0.0697. The van der Waals surface area contributed by atoms with Crippen LogP contribution in [0.1, 0.15) is 26.4 Å². The number of nitriles is 1. The fourth-order valence-corrected chi connectivity index (χ4v) is 3.14. The lowest BCUT2D eigenvalue weighted by atomic mass is 9.98. The van der Waals surface area contributed by atoms with Crippen molar-refractivity contribution >= 4 is 17.3 Å². The molecule has 4 nitrogen and oxygen atoms in total. The normalized spacial score (nSPS) is 10.2. The number of thiophene rings is 1. The van der Waals surface area contributed by atoms with Crippen LogP contribution in [0.3, 0.4) is 0 Å². The zero-order chi connectivity index (χ0) is 14.7. The van der Waals surface area contributed by atoms with Crippen molar-refractivity contribution in [3.05, 3.63) is 45.8 Å². The summed E-state index contributed by atoms with van der Waals surface area (Å²) in [6.07, 6.45) is 0.410. The quantitative estimate of drug-likeness (QED) is 0.906. The second kappa shape index (κ2) is 5.87. The number of carbonyl (C=O) groups is 1. The maximum atomic E-state index is 11.1. The number of aryl methyl sites for hydroxylation is 1. The van der Waals surface area contributed by atoms with Gasteiger partial charge in [0.1, 0.15) is 6.07 Å². The molecule has 1 aromatic heterocycles. The number of aliphatic hydroxyl groups is 1. The van der Waals surface area contributed by atoms with Gasteiger partial charge in [0.2, 0.25) is 0 Å². The number of nitrogens with zero attached hydrogens (tertiary/aromatic N) is 1. The number of rotatable bonds is 4. The van der Waals surface area contributed by atoms with E-state index in [4.69, 9.17) is 10.2 Å². The van der Waals surface area contributed by atoms with Gasteiger partial charge in [-0.2, -0.15) is 5.26 Å². The van der Waals surface area contributed by atoms with Gasteiger partial charge < -0.3 is 10.2 Å². The van der Waals surface area contributed by atoms with Crippen LogP contribution in [-0.2, 0) is 6.42 Å². The Labute approximate surface area is 120 Å². The minimum atomic E-state index is -0.963. The number of hydrogen-bond acceptors (Lipinski definition) is 4. The maximum absolute atomic E-state index is 11.1. The average molecular weight is 287 g/mol. The molecule has 0 aliphatic rings. The largest absolute Gasteiger partial charge is 0.478 e. The number of aliphatic hydroxyl groups excluding tert-OH is 1. The summed E-state index contributed by atoms with van der Waals surface area (Å²) in [6.45, 7) is 1.73. The summed E-state index contributed by atoms with van der Waals surface area (Å²) in [7, 11) is 0. The van der Waals surface area contributed by atoms with E-state index >= 15 is 0 Å². The van der Waals surface area contributed by atoms with Crippen molar-refractivity contribution in [1.29, 1.82) is 5.26 Å². The lowest BCUT2D eigenvalue weighted by Gasteiger charge is -2.06. The SMILES string of the molecule is Cc1sc(-c2cccc(CCO)c2C#N)cc1C(=O)O. The molecule has 20 heavy (non-hydrogen) atoms. The molecular weight excluding hydrogens is 274 g/mol. The minimum Gasteiger partial charge on any atom is -0.478 e. The molecule has 1 aromatic carbocycles. The number of hydrogen-bond donors (Lipinski definition) is 2. The highest BCUT2D eigenvalue weighted by Gasteiger charge is 2.16. The van der Waals surface area contributed by atoms with E-state index in [0.29, 0.717) is 16.9 Å². The lowest BCUT2D eigenvalue weighted by Crippen LogP contribution is -1.96. The number of aromatic carboxylic acids is 1. The number of benzene rings is 1. The summed E-state index contributed by atoms with van der Waals surface area (Å²) in [5.74, 6) is -0.963. The van der Waals surface area contributed by atoms with Crippen LogP contribution in [0.2, 0.25) is 0 Å². The third-order valence-corrected chi connectivity index (χ3v) is 4.14. The van der Waals surface area contributed by atoms with Crippen LogP contribution in [0.15, 0.2) is 24.3 Å². The Morgan fingerprint density at radius 1 is 1.45 bits per heavy atom. The second-order valence-corrected chi connectivity index (χ2v) is 5.57. The van der Waals surface area contributed by atoms with E-state index in [9.17, 15) is 10.1 Å². The molecule has 2 aromatic rings. The summed E-state index contributed by atoms with van der Waals surface area (Å²) >= 11 is 1.36. The predicted molar refractivity (Wildman–Crippen MR) is 77.0 cm³/mol. The van der Waals surface area contributed by atoms with Crippen molar-refractivity contribution in [3.8, 4) is 16.5 Å². The van der Waals surface area contributed by atoms with Crippen LogP contribution in [0.25, 0.3) is 10.4 Å². The molecular formula is C15H13NO3S. The first-order chi connectivity index (χ1) is 9.58. The highest BCUT2D eigenvalue weighted by atomic mass is 32.1. The van der Waals surface area contributed by atoms with Crippen molar-refractivity contribution in [2.75, 3.05) is 6.61 Å².